The maximum Gasteiger partial charge on any atom is 0.145 e. The molecule has 0 fully saturated rings. The molecule has 2 rings (SSSR count). The van der Waals surface area contributed by atoms with E-state index in [1.165, 1.54) is 16.7 Å². The van der Waals surface area contributed by atoms with Crippen LogP contribution in [0.15, 0.2) is 36.4 Å². The first kappa shape index (κ1) is 16.0. The van der Waals surface area contributed by atoms with Crippen LogP contribution in [0.25, 0.3) is 0 Å². The van der Waals surface area contributed by atoms with Crippen LogP contribution < -0.4 is 11.3 Å². The molecule has 2 aromatic rings. The van der Waals surface area contributed by atoms with Crippen molar-refractivity contribution >= 4 is 11.6 Å². The highest BCUT2D eigenvalue weighted by Crippen LogP contribution is 2.20. The summed E-state index contributed by atoms with van der Waals surface area (Å²) in [6.45, 7) is 4.13. The fourth-order valence-corrected chi connectivity index (χ4v) is 2.64. The molecule has 0 radical (unpaired) electrons. The fraction of sp³-hybridized carbons (Fsp3) is 0.294. The number of rotatable bonds is 5. The second kappa shape index (κ2) is 7.03. The molecule has 2 aromatic carbocycles. The van der Waals surface area contributed by atoms with Crippen molar-refractivity contribution in [1.29, 1.82) is 0 Å². The monoisotopic (exact) mass is 306 g/mol. The van der Waals surface area contributed by atoms with E-state index in [0.29, 0.717) is 12.0 Å². The quantitative estimate of drug-likeness (QED) is 0.653. The van der Waals surface area contributed by atoms with Crippen LogP contribution in [0.2, 0.25) is 5.02 Å². The van der Waals surface area contributed by atoms with Gasteiger partial charge in [-0.15, -0.1) is 0 Å². The van der Waals surface area contributed by atoms with Gasteiger partial charge in [-0.3, -0.25) is 11.3 Å². The van der Waals surface area contributed by atoms with E-state index in [9.17, 15) is 4.39 Å². The van der Waals surface area contributed by atoms with E-state index < -0.39 is 0 Å². The minimum atomic E-state index is -0.361. The highest BCUT2D eigenvalue weighted by molar-refractivity contribution is 6.30. The van der Waals surface area contributed by atoms with Crippen molar-refractivity contribution in [1.82, 2.24) is 5.43 Å². The summed E-state index contributed by atoms with van der Waals surface area (Å²) in [5.41, 5.74) is 7.01. The van der Waals surface area contributed by atoms with E-state index in [1.54, 1.807) is 18.2 Å². The molecule has 1 unspecified atom stereocenters. The largest absolute Gasteiger partial charge is 0.271 e. The summed E-state index contributed by atoms with van der Waals surface area (Å²) in [5.74, 6) is 5.28. The third kappa shape index (κ3) is 4.03. The molecule has 0 saturated carbocycles. The number of nitrogens with two attached hydrogens (primary N) is 1. The molecule has 4 heteroatoms. The van der Waals surface area contributed by atoms with Gasteiger partial charge >= 0.3 is 0 Å². The summed E-state index contributed by atoms with van der Waals surface area (Å²) in [5, 5.41) is 0.148. The Balaban J connectivity index is 2.17. The van der Waals surface area contributed by atoms with E-state index in [2.05, 4.69) is 37.5 Å². The molecule has 112 valence electrons. The zero-order chi connectivity index (χ0) is 15.4. The molecule has 3 N–H and O–H groups in total. The average Bonchev–Trinajstić information content (AvgIpc) is 2.46. The Labute approximate surface area is 130 Å². The van der Waals surface area contributed by atoms with E-state index >= 15 is 0 Å². The van der Waals surface area contributed by atoms with Crippen LogP contribution >= 0.6 is 11.6 Å². The molecule has 0 saturated heterocycles. The molecule has 0 aliphatic carbocycles. The minimum absolute atomic E-state index is 0.0431. The molecule has 0 aromatic heterocycles. The van der Waals surface area contributed by atoms with Crippen LogP contribution in [0.3, 0.4) is 0 Å². The minimum Gasteiger partial charge on any atom is -0.271 e. The van der Waals surface area contributed by atoms with Gasteiger partial charge in [0.1, 0.15) is 5.82 Å². The predicted octanol–water partition coefficient (Wildman–Crippen LogP) is 3.71. The van der Waals surface area contributed by atoms with E-state index in [1.807, 2.05) is 0 Å². The van der Waals surface area contributed by atoms with Crippen molar-refractivity contribution in [3.05, 3.63) is 69.5 Å². The van der Waals surface area contributed by atoms with E-state index in [0.717, 1.165) is 6.42 Å². The first-order valence-corrected chi connectivity index (χ1v) is 7.34. The molecule has 0 aliphatic heterocycles. The Morgan fingerprint density at radius 3 is 2.57 bits per heavy atom. The first-order valence-electron chi connectivity index (χ1n) is 6.96. The van der Waals surface area contributed by atoms with Gasteiger partial charge in [0.15, 0.2) is 0 Å². The second-order valence-corrected chi connectivity index (χ2v) is 5.82. The van der Waals surface area contributed by atoms with Gasteiger partial charge in [0.2, 0.25) is 0 Å². The van der Waals surface area contributed by atoms with Gasteiger partial charge in [0.05, 0.1) is 5.02 Å². The van der Waals surface area contributed by atoms with Crippen LogP contribution in [-0.4, -0.2) is 6.04 Å². The van der Waals surface area contributed by atoms with Crippen molar-refractivity contribution in [2.45, 2.75) is 32.7 Å². The average molecular weight is 307 g/mol. The third-order valence-corrected chi connectivity index (χ3v) is 4.00. The standard InChI is InChI=1S/C17H20ClFN2/c1-11-6-7-12(2)14(8-11)10-15(21-20)9-13-4-3-5-16(18)17(13)19/h3-8,15,21H,9-10,20H2,1-2H3. The first-order chi connectivity index (χ1) is 10.0. The van der Waals surface area contributed by atoms with Crippen LogP contribution in [0.5, 0.6) is 0 Å². The van der Waals surface area contributed by atoms with Gasteiger partial charge in [0, 0.05) is 6.04 Å². The molecule has 0 heterocycles. The highest BCUT2D eigenvalue weighted by atomic mass is 35.5. The summed E-state index contributed by atoms with van der Waals surface area (Å²) < 4.78 is 14.0. The Hall–Kier alpha value is -1.42. The van der Waals surface area contributed by atoms with Crippen LogP contribution in [-0.2, 0) is 12.8 Å². The predicted molar refractivity (Wildman–Crippen MR) is 85.8 cm³/mol. The van der Waals surface area contributed by atoms with Crippen molar-refractivity contribution in [2.75, 3.05) is 0 Å². The van der Waals surface area contributed by atoms with Crippen molar-refractivity contribution in [3.63, 3.8) is 0 Å². The van der Waals surface area contributed by atoms with Gasteiger partial charge in [-0.1, -0.05) is 47.5 Å². The molecular weight excluding hydrogens is 287 g/mol. The van der Waals surface area contributed by atoms with Gasteiger partial charge in [-0.2, -0.15) is 0 Å². The zero-order valence-electron chi connectivity index (χ0n) is 12.3. The molecular formula is C17H20ClFN2. The van der Waals surface area contributed by atoms with Gasteiger partial charge in [-0.25, -0.2) is 4.39 Å². The molecule has 0 amide bonds. The Kier molecular flexibility index (Phi) is 5.34. The SMILES string of the molecule is Cc1ccc(C)c(CC(Cc2cccc(Cl)c2F)NN)c1. The van der Waals surface area contributed by atoms with Gasteiger partial charge in [-0.05, 0) is 49.4 Å². The molecule has 21 heavy (non-hydrogen) atoms. The van der Waals surface area contributed by atoms with Crippen LogP contribution in [0, 0.1) is 19.7 Å². The molecule has 0 bridgehead atoms. The summed E-state index contributed by atoms with van der Waals surface area (Å²) in [7, 11) is 0. The number of hydrogen-bond donors (Lipinski definition) is 2. The van der Waals surface area contributed by atoms with Gasteiger partial charge < -0.3 is 0 Å². The number of benzene rings is 2. The normalized spacial score (nSPS) is 12.4. The number of nitrogens with one attached hydrogen (secondary N) is 1. The molecule has 0 spiro atoms. The maximum absolute atomic E-state index is 14.0. The Bertz CT molecular complexity index is 624. The lowest BCUT2D eigenvalue weighted by Crippen LogP contribution is -2.38. The number of aryl methyl sites for hydroxylation is 2. The fourth-order valence-electron chi connectivity index (χ4n) is 2.45. The molecule has 0 aliphatic rings. The summed E-state index contributed by atoms with van der Waals surface area (Å²) in [4.78, 5) is 0. The highest BCUT2D eigenvalue weighted by Gasteiger charge is 2.14. The van der Waals surface area contributed by atoms with E-state index in [-0.39, 0.29) is 16.9 Å². The number of hydrogen-bond acceptors (Lipinski definition) is 2. The maximum atomic E-state index is 14.0. The van der Waals surface area contributed by atoms with Crippen molar-refractivity contribution in [2.24, 2.45) is 5.84 Å². The smallest absolute Gasteiger partial charge is 0.145 e. The summed E-state index contributed by atoms with van der Waals surface area (Å²) >= 11 is 5.82. The molecule has 1 atom stereocenters. The van der Waals surface area contributed by atoms with Gasteiger partial charge in [0.25, 0.3) is 0 Å². The summed E-state index contributed by atoms with van der Waals surface area (Å²) in [6.07, 6.45) is 1.24. The third-order valence-electron chi connectivity index (χ3n) is 3.70. The van der Waals surface area contributed by atoms with Crippen molar-refractivity contribution < 1.29 is 4.39 Å². The lowest BCUT2D eigenvalue weighted by molar-refractivity contribution is 0.506. The number of hydrazine groups is 1. The van der Waals surface area contributed by atoms with Crippen LogP contribution in [0.4, 0.5) is 4.39 Å². The van der Waals surface area contributed by atoms with E-state index in [4.69, 9.17) is 17.4 Å². The molecule has 2 nitrogen and oxygen atoms in total. The summed E-state index contributed by atoms with van der Waals surface area (Å²) in [6, 6.07) is 11.3. The Morgan fingerprint density at radius 2 is 1.86 bits per heavy atom. The lowest BCUT2D eigenvalue weighted by atomic mass is 9.95. The van der Waals surface area contributed by atoms with Crippen molar-refractivity contribution in [3.8, 4) is 0 Å². The zero-order valence-corrected chi connectivity index (χ0v) is 13.0. The Morgan fingerprint density at radius 1 is 1.14 bits per heavy atom. The van der Waals surface area contributed by atoms with Crippen LogP contribution in [0.1, 0.15) is 22.3 Å². The topological polar surface area (TPSA) is 38.0 Å². The lowest BCUT2D eigenvalue weighted by Gasteiger charge is -2.18. The second-order valence-electron chi connectivity index (χ2n) is 5.41. The number of halogens is 2.